The molecule has 15 heavy (non-hydrogen) atoms. The van der Waals surface area contributed by atoms with Crippen LogP contribution < -0.4 is 4.74 Å². The summed E-state index contributed by atoms with van der Waals surface area (Å²) in [7, 11) is 0. The number of hydrogen-bond donors (Lipinski definition) is 0. The van der Waals surface area contributed by atoms with E-state index in [0.717, 1.165) is 0 Å². The van der Waals surface area contributed by atoms with Gasteiger partial charge in [-0.05, 0) is 26.0 Å². The van der Waals surface area contributed by atoms with Crippen molar-refractivity contribution < 1.29 is 9.53 Å². The molecule has 1 rings (SSSR count). The van der Waals surface area contributed by atoms with Crippen molar-refractivity contribution in [3.63, 3.8) is 0 Å². The van der Waals surface area contributed by atoms with Crippen molar-refractivity contribution in [1.82, 2.24) is 0 Å². The van der Waals surface area contributed by atoms with Gasteiger partial charge in [0.05, 0.1) is 11.3 Å². The molecule has 0 heterocycles. The van der Waals surface area contributed by atoms with Crippen LogP contribution in [0.15, 0.2) is 36.6 Å². The summed E-state index contributed by atoms with van der Waals surface area (Å²) in [4.78, 5) is 11.1. The topological polar surface area (TPSA) is 26.3 Å². The fourth-order valence-corrected chi connectivity index (χ4v) is 1.03. The van der Waals surface area contributed by atoms with Gasteiger partial charge in [-0.15, -0.1) is 0 Å². The largest absolute Gasteiger partial charge is 0.462 e. The van der Waals surface area contributed by atoms with Crippen LogP contribution in [-0.4, -0.2) is 5.78 Å². The molecule has 0 bridgehead atoms. The third-order valence-electron chi connectivity index (χ3n) is 1.55. The molecule has 0 spiro atoms. The number of ether oxygens (including phenoxy) is 1. The molecule has 82 valence electrons. The zero-order valence-electron chi connectivity index (χ0n) is 9.83. The smallest absolute Gasteiger partial charge is 0.163 e. The van der Waals surface area contributed by atoms with Crippen LogP contribution in [0, 0.1) is 0 Å². The van der Waals surface area contributed by atoms with E-state index >= 15 is 0 Å². The van der Waals surface area contributed by atoms with Crippen molar-refractivity contribution in [2.24, 2.45) is 0 Å². The lowest BCUT2D eigenvalue weighted by atomic mass is 10.1. The molecule has 0 radical (unpaired) electrons. The number of rotatable bonds is 3. The zero-order valence-corrected chi connectivity index (χ0v) is 9.83. The Morgan fingerprint density at radius 3 is 2.20 bits per heavy atom. The highest BCUT2D eigenvalue weighted by molar-refractivity contribution is 5.96. The Hall–Kier alpha value is -1.57. The highest BCUT2D eigenvalue weighted by Gasteiger charge is 2.06. The van der Waals surface area contributed by atoms with E-state index < -0.39 is 0 Å². The minimum atomic E-state index is -0.00292. The van der Waals surface area contributed by atoms with E-state index in [1.807, 2.05) is 26.0 Å². The predicted octanol–water partition coefficient (Wildman–Crippen LogP) is 3.83. The van der Waals surface area contributed by atoms with Gasteiger partial charge in [-0.1, -0.05) is 32.6 Å². The van der Waals surface area contributed by atoms with E-state index in [0.29, 0.717) is 17.1 Å². The van der Waals surface area contributed by atoms with Gasteiger partial charge in [-0.3, -0.25) is 4.79 Å². The van der Waals surface area contributed by atoms with Gasteiger partial charge in [0.1, 0.15) is 5.75 Å². The molecular weight excluding hydrogens is 188 g/mol. The third kappa shape index (κ3) is 4.45. The third-order valence-corrected chi connectivity index (χ3v) is 1.55. The molecule has 0 unspecified atom stereocenters. The number of benzene rings is 1. The number of carbonyl (C=O) groups excluding carboxylic acids is 1. The average molecular weight is 206 g/mol. The van der Waals surface area contributed by atoms with Gasteiger partial charge in [0.2, 0.25) is 0 Å². The first kappa shape index (κ1) is 13.4. The van der Waals surface area contributed by atoms with E-state index in [1.165, 1.54) is 6.92 Å². The van der Waals surface area contributed by atoms with E-state index in [9.17, 15) is 4.79 Å². The number of ketones is 1. The lowest BCUT2D eigenvalue weighted by Gasteiger charge is -2.07. The summed E-state index contributed by atoms with van der Waals surface area (Å²) in [6, 6.07) is 7.12. The second kappa shape index (κ2) is 6.82. The molecule has 0 atom stereocenters. The first-order valence-electron chi connectivity index (χ1n) is 5.04. The molecule has 0 N–H and O–H groups in total. The lowest BCUT2D eigenvalue weighted by Crippen LogP contribution is -1.98. The highest BCUT2D eigenvalue weighted by atomic mass is 16.5. The van der Waals surface area contributed by atoms with Crippen LogP contribution in [0.4, 0.5) is 0 Å². The standard InChI is InChI=1S/C11H12O2.C2H6/c1-8(2)13-11-7-5-4-6-10(11)9(3)12;1-2/h4-7H,1H2,2-3H3;1-2H3. The predicted molar refractivity (Wildman–Crippen MR) is 63.2 cm³/mol. The molecule has 0 saturated heterocycles. The molecule has 0 aliphatic carbocycles. The molecule has 2 nitrogen and oxygen atoms in total. The van der Waals surface area contributed by atoms with Gasteiger partial charge in [0.25, 0.3) is 0 Å². The van der Waals surface area contributed by atoms with Gasteiger partial charge in [-0.2, -0.15) is 0 Å². The first-order chi connectivity index (χ1) is 7.11. The molecule has 1 aromatic rings. The second-order valence-electron chi connectivity index (χ2n) is 2.86. The molecule has 2 heteroatoms. The summed E-state index contributed by atoms with van der Waals surface area (Å²) in [5.74, 6) is 1.15. The summed E-state index contributed by atoms with van der Waals surface area (Å²) >= 11 is 0. The van der Waals surface area contributed by atoms with Crippen molar-refractivity contribution >= 4 is 5.78 Å². The minimum Gasteiger partial charge on any atom is -0.462 e. The normalized spacial score (nSPS) is 8.53. The van der Waals surface area contributed by atoms with Gasteiger partial charge in [-0.25, -0.2) is 0 Å². The molecule has 0 aliphatic heterocycles. The molecule has 0 amide bonds. The van der Waals surface area contributed by atoms with Crippen LogP contribution >= 0.6 is 0 Å². The van der Waals surface area contributed by atoms with Crippen LogP contribution in [0.5, 0.6) is 5.75 Å². The van der Waals surface area contributed by atoms with Crippen molar-refractivity contribution in [1.29, 1.82) is 0 Å². The Kier molecular flexibility index (Phi) is 6.11. The second-order valence-corrected chi connectivity index (χ2v) is 2.86. The maximum absolute atomic E-state index is 11.1. The van der Waals surface area contributed by atoms with Crippen LogP contribution in [0.25, 0.3) is 0 Å². The maximum Gasteiger partial charge on any atom is 0.163 e. The summed E-state index contributed by atoms with van der Waals surface area (Å²) in [6.07, 6.45) is 0. The molecule has 0 aliphatic rings. The van der Waals surface area contributed by atoms with Crippen molar-refractivity contribution in [3.05, 3.63) is 42.2 Å². The Balaban J connectivity index is 0.000000921. The highest BCUT2D eigenvalue weighted by Crippen LogP contribution is 2.19. The quantitative estimate of drug-likeness (QED) is 0.555. The average Bonchev–Trinajstić information content (AvgIpc) is 2.20. The molecule has 0 saturated carbocycles. The van der Waals surface area contributed by atoms with Gasteiger partial charge in [0.15, 0.2) is 5.78 Å². The first-order valence-corrected chi connectivity index (χ1v) is 5.04. The summed E-state index contributed by atoms with van der Waals surface area (Å²) < 4.78 is 5.29. The Morgan fingerprint density at radius 2 is 1.73 bits per heavy atom. The van der Waals surface area contributed by atoms with Crippen molar-refractivity contribution in [3.8, 4) is 5.75 Å². The maximum atomic E-state index is 11.1. The Morgan fingerprint density at radius 1 is 1.20 bits per heavy atom. The van der Waals surface area contributed by atoms with Crippen LogP contribution in [0.2, 0.25) is 0 Å². The molecule has 0 aromatic heterocycles. The van der Waals surface area contributed by atoms with E-state index in [4.69, 9.17) is 4.74 Å². The lowest BCUT2D eigenvalue weighted by molar-refractivity contribution is 0.101. The fourth-order valence-electron chi connectivity index (χ4n) is 1.03. The van der Waals surface area contributed by atoms with Gasteiger partial charge in [0, 0.05) is 0 Å². The van der Waals surface area contributed by atoms with E-state index in [1.54, 1.807) is 19.1 Å². The molecular formula is C13H18O2. The van der Waals surface area contributed by atoms with Gasteiger partial charge >= 0.3 is 0 Å². The number of para-hydroxylation sites is 1. The number of hydrogen-bond acceptors (Lipinski definition) is 2. The van der Waals surface area contributed by atoms with Crippen LogP contribution in [0.1, 0.15) is 38.1 Å². The molecule has 1 aromatic carbocycles. The monoisotopic (exact) mass is 206 g/mol. The van der Waals surface area contributed by atoms with Gasteiger partial charge < -0.3 is 4.74 Å². The van der Waals surface area contributed by atoms with E-state index in [2.05, 4.69) is 6.58 Å². The summed E-state index contributed by atoms with van der Waals surface area (Å²) in [5, 5.41) is 0. The fraction of sp³-hybridized carbons (Fsp3) is 0.308. The van der Waals surface area contributed by atoms with Crippen molar-refractivity contribution in [2.45, 2.75) is 27.7 Å². The Bertz CT molecular complexity index is 340. The number of carbonyl (C=O) groups is 1. The van der Waals surface area contributed by atoms with E-state index in [-0.39, 0.29) is 5.78 Å². The number of Topliss-reactive ketones (excluding diaryl/α,β-unsaturated/α-hetero) is 1. The van der Waals surface area contributed by atoms with Crippen LogP contribution in [-0.2, 0) is 0 Å². The summed E-state index contributed by atoms with van der Waals surface area (Å²) in [5.41, 5.74) is 0.588. The van der Waals surface area contributed by atoms with Crippen LogP contribution in [0.3, 0.4) is 0 Å². The SMILES string of the molecule is C=C(C)Oc1ccccc1C(C)=O.CC. The zero-order chi connectivity index (χ0) is 11.8. The Labute approximate surface area is 91.6 Å². The minimum absolute atomic E-state index is 0.00292. The molecule has 0 fully saturated rings. The number of allylic oxidation sites excluding steroid dienone is 1. The van der Waals surface area contributed by atoms with Crippen molar-refractivity contribution in [2.75, 3.05) is 0 Å². The summed E-state index contributed by atoms with van der Waals surface area (Å²) in [6.45, 7) is 10.9.